The predicted molar refractivity (Wildman–Crippen MR) is 78.8 cm³/mol. The van der Waals surface area contributed by atoms with Crippen LogP contribution in [-0.4, -0.2) is 24.8 Å². The van der Waals surface area contributed by atoms with Crippen molar-refractivity contribution in [3.05, 3.63) is 30.0 Å². The first kappa shape index (κ1) is 12.5. The summed E-state index contributed by atoms with van der Waals surface area (Å²) in [6, 6.07) is 6.64. The Morgan fingerprint density at radius 2 is 2.32 bits per heavy atom. The molecule has 1 fully saturated rings. The van der Waals surface area contributed by atoms with Gasteiger partial charge in [0, 0.05) is 18.6 Å². The molecule has 0 radical (unpaired) electrons. The van der Waals surface area contributed by atoms with Crippen LogP contribution in [0.25, 0.3) is 10.9 Å². The van der Waals surface area contributed by atoms with E-state index in [4.69, 9.17) is 4.74 Å². The van der Waals surface area contributed by atoms with Gasteiger partial charge in [0.2, 0.25) is 0 Å². The topological polar surface area (TPSA) is 26.2 Å². The minimum Gasteiger partial charge on any atom is -0.496 e. The summed E-state index contributed by atoms with van der Waals surface area (Å²) in [6.45, 7) is 2.32. The molecule has 1 saturated heterocycles. The third-order valence-electron chi connectivity index (χ3n) is 4.17. The van der Waals surface area contributed by atoms with Gasteiger partial charge in [-0.05, 0) is 62.0 Å². The van der Waals surface area contributed by atoms with Crippen molar-refractivity contribution in [3.63, 3.8) is 0 Å². The number of nitrogens with one attached hydrogen (secondary N) is 1. The molecule has 102 valence electrons. The number of ether oxygens (including phenoxy) is 1. The van der Waals surface area contributed by atoms with Crippen molar-refractivity contribution >= 4 is 10.9 Å². The summed E-state index contributed by atoms with van der Waals surface area (Å²) in [6.07, 6.45) is 5.87. The summed E-state index contributed by atoms with van der Waals surface area (Å²) in [5, 5.41) is 4.69. The second-order valence-electron chi connectivity index (χ2n) is 5.57. The third kappa shape index (κ3) is 2.47. The first-order valence-corrected chi connectivity index (χ1v) is 7.10. The Kier molecular flexibility index (Phi) is 3.47. The molecule has 1 aromatic carbocycles. The van der Waals surface area contributed by atoms with Crippen molar-refractivity contribution in [1.82, 2.24) is 9.88 Å². The molecule has 0 aliphatic carbocycles. The van der Waals surface area contributed by atoms with Crippen LogP contribution in [0.1, 0.15) is 18.4 Å². The first-order chi connectivity index (χ1) is 9.28. The number of fused-ring (bicyclic) bond motifs is 1. The van der Waals surface area contributed by atoms with Crippen LogP contribution in [0.3, 0.4) is 0 Å². The van der Waals surface area contributed by atoms with Gasteiger partial charge in [0.05, 0.1) is 12.6 Å². The Balaban J connectivity index is 1.92. The summed E-state index contributed by atoms with van der Waals surface area (Å²) in [5.41, 5.74) is 2.65. The number of methoxy groups -OCH3 is 1. The molecule has 1 atom stereocenters. The van der Waals surface area contributed by atoms with E-state index in [1.54, 1.807) is 7.11 Å². The molecule has 2 aromatic rings. The minimum absolute atomic E-state index is 0.760. The summed E-state index contributed by atoms with van der Waals surface area (Å²) in [5.74, 6) is 1.76. The zero-order valence-corrected chi connectivity index (χ0v) is 11.8. The van der Waals surface area contributed by atoms with Crippen LogP contribution in [-0.2, 0) is 13.5 Å². The molecule has 1 aromatic heterocycles. The maximum absolute atomic E-state index is 5.54. The van der Waals surface area contributed by atoms with E-state index in [1.807, 2.05) is 0 Å². The highest BCUT2D eigenvalue weighted by molar-refractivity contribution is 5.87. The van der Waals surface area contributed by atoms with E-state index >= 15 is 0 Å². The van der Waals surface area contributed by atoms with Crippen LogP contribution in [0.15, 0.2) is 24.4 Å². The highest BCUT2D eigenvalue weighted by Crippen LogP contribution is 2.29. The van der Waals surface area contributed by atoms with E-state index in [9.17, 15) is 0 Å². The zero-order chi connectivity index (χ0) is 13.2. The molecule has 19 heavy (non-hydrogen) atoms. The molecule has 2 heterocycles. The summed E-state index contributed by atoms with van der Waals surface area (Å²) < 4.78 is 7.71. The van der Waals surface area contributed by atoms with Crippen molar-refractivity contribution in [2.75, 3.05) is 20.2 Å². The fourth-order valence-corrected chi connectivity index (χ4v) is 3.11. The number of aromatic nitrogens is 1. The molecule has 0 spiro atoms. The van der Waals surface area contributed by atoms with Gasteiger partial charge in [0.1, 0.15) is 5.75 Å². The number of benzene rings is 1. The molecule has 3 nitrogen and oxygen atoms in total. The van der Waals surface area contributed by atoms with Gasteiger partial charge in [-0.2, -0.15) is 0 Å². The Hall–Kier alpha value is -1.48. The second-order valence-corrected chi connectivity index (χ2v) is 5.57. The van der Waals surface area contributed by atoms with E-state index in [-0.39, 0.29) is 0 Å². The lowest BCUT2D eigenvalue weighted by molar-refractivity contribution is 0.375. The lowest BCUT2D eigenvalue weighted by atomic mass is 9.92. The molecule has 0 bridgehead atoms. The van der Waals surface area contributed by atoms with Crippen molar-refractivity contribution in [1.29, 1.82) is 0 Å². The van der Waals surface area contributed by atoms with Crippen LogP contribution in [0.4, 0.5) is 0 Å². The minimum atomic E-state index is 0.760. The fourth-order valence-electron chi connectivity index (χ4n) is 3.11. The summed E-state index contributed by atoms with van der Waals surface area (Å²) in [4.78, 5) is 0. The summed E-state index contributed by atoms with van der Waals surface area (Å²) >= 11 is 0. The van der Waals surface area contributed by atoms with Gasteiger partial charge >= 0.3 is 0 Å². The predicted octanol–water partition coefficient (Wildman–Crippen LogP) is 2.73. The van der Waals surface area contributed by atoms with Gasteiger partial charge in [-0.25, -0.2) is 0 Å². The standard InChI is InChI=1S/C16H22N2O/c1-18-7-5-14-15(18)9-13(10-16(14)19-2)8-12-4-3-6-17-11-12/h5,7,9-10,12,17H,3-4,6,8,11H2,1-2H3. The van der Waals surface area contributed by atoms with Crippen molar-refractivity contribution in [3.8, 4) is 5.75 Å². The number of nitrogens with zero attached hydrogens (tertiary/aromatic N) is 1. The average Bonchev–Trinajstić information content (AvgIpc) is 2.81. The van der Waals surface area contributed by atoms with E-state index in [0.717, 1.165) is 24.6 Å². The number of hydrogen-bond acceptors (Lipinski definition) is 2. The van der Waals surface area contributed by atoms with Crippen LogP contribution < -0.4 is 10.1 Å². The quantitative estimate of drug-likeness (QED) is 0.916. The molecular formula is C16H22N2O. The third-order valence-corrected chi connectivity index (χ3v) is 4.17. The second kappa shape index (κ2) is 5.25. The van der Waals surface area contributed by atoms with Gasteiger partial charge < -0.3 is 14.6 Å². The van der Waals surface area contributed by atoms with Gasteiger partial charge in [-0.3, -0.25) is 0 Å². The Morgan fingerprint density at radius 3 is 3.05 bits per heavy atom. The molecule has 1 aliphatic rings. The maximum atomic E-state index is 5.54. The largest absolute Gasteiger partial charge is 0.496 e. The average molecular weight is 258 g/mol. The fraction of sp³-hybridized carbons (Fsp3) is 0.500. The van der Waals surface area contributed by atoms with Gasteiger partial charge in [-0.15, -0.1) is 0 Å². The van der Waals surface area contributed by atoms with Gasteiger partial charge in [-0.1, -0.05) is 0 Å². The molecule has 3 rings (SSSR count). The normalized spacial score (nSPS) is 19.8. The van der Waals surface area contributed by atoms with Crippen molar-refractivity contribution in [2.45, 2.75) is 19.3 Å². The van der Waals surface area contributed by atoms with Crippen molar-refractivity contribution < 1.29 is 4.74 Å². The number of piperidine rings is 1. The molecule has 1 N–H and O–H groups in total. The molecule has 3 heteroatoms. The molecule has 1 unspecified atom stereocenters. The maximum Gasteiger partial charge on any atom is 0.128 e. The number of rotatable bonds is 3. The van der Waals surface area contributed by atoms with E-state index in [0.29, 0.717) is 0 Å². The molecule has 0 saturated carbocycles. The Morgan fingerprint density at radius 1 is 1.42 bits per heavy atom. The van der Waals surface area contributed by atoms with Crippen LogP contribution in [0, 0.1) is 5.92 Å². The van der Waals surface area contributed by atoms with Crippen LogP contribution in [0.2, 0.25) is 0 Å². The van der Waals surface area contributed by atoms with Gasteiger partial charge in [0.25, 0.3) is 0 Å². The first-order valence-electron chi connectivity index (χ1n) is 7.10. The Bertz CT molecular complexity index is 567. The van der Waals surface area contributed by atoms with E-state index in [2.05, 4.69) is 41.3 Å². The molecule has 1 aliphatic heterocycles. The highest BCUT2D eigenvalue weighted by atomic mass is 16.5. The van der Waals surface area contributed by atoms with E-state index < -0.39 is 0 Å². The van der Waals surface area contributed by atoms with Crippen LogP contribution in [0.5, 0.6) is 5.75 Å². The zero-order valence-electron chi connectivity index (χ0n) is 11.8. The molecule has 0 amide bonds. The molecular weight excluding hydrogens is 236 g/mol. The van der Waals surface area contributed by atoms with Crippen molar-refractivity contribution in [2.24, 2.45) is 13.0 Å². The number of hydrogen-bond donors (Lipinski definition) is 1. The smallest absolute Gasteiger partial charge is 0.128 e. The van der Waals surface area contributed by atoms with Crippen LogP contribution >= 0.6 is 0 Å². The monoisotopic (exact) mass is 258 g/mol. The van der Waals surface area contributed by atoms with E-state index in [1.165, 1.54) is 35.9 Å². The Labute approximate surface area is 114 Å². The van der Waals surface area contributed by atoms with Gasteiger partial charge in [0.15, 0.2) is 0 Å². The lowest BCUT2D eigenvalue weighted by Crippen LogP contribution is -2.30. The highest BCUT2D eigenvalue weighted by Gasteiger charge is 2.15. The lowest BCUT2D eigenvalue weighted by Gasteiger charge is -2.23. The summed E-state index contributed by atoms with van der Waals surface area (Å²) in [7, 11) is 3.85. The SMILES string of the molecule is COc1cc(CC2CCCNC2)cc2c1ccn2C. The number of aryl methyl sites for hydroxylation is 1.